The van der Waals surface area contributed by atoms with Crippen LogP contribution in [0.3, 0.4) is 0 Å². The third kappa shape index (κ3) is 4.21. The van der Waals surface area contributed by atoms with E-state index in [1.165, 1.54) is 4.90 Å². The normalized spacial score (nSPS) is 27.8. The second kappa shape index (κ2) is 11.0. The monoisotopic (exact) mass is 637 g/mol. The van der Waals surface area contributed by atoms with Gasteiger partial charge in [0.05, 0.1) is 34.5 Å². The number of amides is 4. The maximum absolute atomic E-state index is 15.2. The molecule has 2 saturated heterocycles. The Labute approximate surface area is 278 Å². The Morgan fingerprint density at radius 1 is 0.771 bits per heavy atom. The summed E-state index contributed by atoms with van der Waals surface area (Å²) in [6.07, 6.45) is 2.63. The molecule has 2 aliphatic carbocycles. The highest BCUT2D eigenvalue weighted by atomic mass is 16.3. The van der Waals surface area contributed by atoms with Gasteiger partial charge in [-0.3, -0.25) is 29.5 Å². The minimum atomic E-state index is -1.35. The lowest BCUT2D eigenvalue weighted by Gasteiger charge is -2.50. The van der Waals surface area contributed by atoms with Crippen molar-refractivity contribution in [2.24, 2.45) is 23.7 Å². The van der Waals surface area contributed by atoms with Crippen molar-refractivity contribution in [1.82, 2.24) is 5.01 Å². The van der Waals surface area contributed by atoms with Crippen LogP contribution in [-0.4, -0.2) is 33.7 Å². The molecular weight excluding hydrogens is 602 g/mol. The molecule has 0 spiro atoms. The van der Waals surface area contributed by atoms with Crippen molar-refractivity contribution in [2.45, 2.75) is 38.0 Å². The predicted octanol–water partition coefficient (Wildman–Crippen LogP) is 6.20. The Morgan fingerprint density at radius 3 is 2.15 bits per heavy atom. The number of aryl methyl sites for hydroxylation is 2. The van der Waals surface area contributed by atoms with Gasteiger partial charge in [-0.15, -0.1) is 0 Å². The van der Waals surface area contributed by atoms with Gasteiger partial charge in [0.25, 0.3) is 11.8 Å². The molecule has 3 fully saturated rings. The third-order valence-corrected chi connectivity index (χ3v) is 11.0. The highest BCUT2D eigenvalue weighted by Crippen LogP contribution is 2.64. The first-order valence-electron chi connectivity index (χ1n) is 16.4. The SMILES string of the molecule is Cc1ccc(NN2C(=O)[C@@H]3C[C@@H]4C(=CC[C@@H]5C(=O)N(c6ccccc6)C(=O)[C@@H]54)[C@H](c4ccc(O)c(C)c4)[C@]3(c3ccccc3)C2=O)cc1. The van der Waals surface area contributed by atoms with Crippen LogP contribution in [0, 0.1) is 37.5 Å². The second-order valence-electron chi connectivity index (χ2n) is 13.5. The summed E-state index contributed by atoms with van der Waals surface area (Å²) in [4.78, 5) is 59.4. The van der Waals surface area contributed by atoms with E-state index in [9.17, 15) is 19.5 Å². The van der Waals surface area contributed by atoms with Gasteiger partial charge in [0.15, 0.2) is 0 Å². The lowest BCUT2D eigenvalue weighted by atomic mass is 9.49. The fourth-order valence-corrected chi connectivity index (χ4v) is 8.81. The van der Waals surface area contributed by atoms with Crippen LogP contribution >= 0.6 is 0 Å². The number of hydrogen-bond acceptors (Lipinski definition) is 6. The van der Waals surface area contributed by atoms with Gasteiger partial charge in [-0.2, -0.15) is 5.01 Å². The van der Waals surface area contributed by atoms with Crippen molar-refractivity contribution in [1.29, 1.82) is 0 Å². The van der Waals surface area contributed by atoms with Gasteiger partial charge in [-0.05, 0) is 79.6 Å². The van der Waals surface area contributed by atoms with Crippen LogP contribution in [-0.2, 0) is 24.6 Å². The zero-order valence-electron chi connectivity index (χ0n) is 26.7. The highest BCUT2D eigenvalue weighted by molar-refractivity contribution is 6.22. The summed E-state index contributed by atoms with van der Waals surface area (Å²) in [6, 6.07) is 31.2. The molecule has 8 heteroatoms. The van der Waals surface area contributed by atoms with Gasteiger partial charge in [0.2, 0.25) is 11.8 Å². The number of nitrogens with one attached hydrogen (secondary N) is 1. The molecule has 8 rings (SSSR count). The number of nitrogens with zero attached hydrogens (tertiary/aromatic N) is 2. The summed E-state index contributed by atoms with van der Waals surface area (Å²) >= 11 is 0. The van der Waals surface area contributed by atoms with Crippen LogP contribution in [0.2, 0.25) is 0 Å². The number of anilines is 2. The minimum Gasteiger partial charge on any atom is -0.508 e. The van der Waals surface area contributed by atoms with Crippen LogP contribution in [0.4, 0.5) is 11.4 Å². The fraction of sp³-hybridized carbons (Fsp3) is 0.250. The minimum absolute atomic E-state index is 0.126. The van der Waals surface area contributed by atoms with E-state index in [4.69, 9.17) is 0 Å². The van der Waals surface area contributed by atoms with Crippen molar-refractivity contribution in [3.05, 3.63) is 137 Å². The largest absolute Gasteiger partial charge is 0.508 e. The molecule has 48 heavy (non-hydrogen) atoms. The lowest BCUT2D eigenvalue weighted by molar-refractivity contribution is -0.138. The topological polar surface area (TPSA) is 107 Å². The van der Waals surface area contributed by atoms with Crippen LogP contribution < -0.4 is 10.3 Å². The molecule has 4 aromatic rings. The molecule has 0 unspecified atom stereocenters. The van der Waals surface area contributed by atoms with Crippen molar-refractivity contribution < 1.29 is 24.3 Å². The number of phenols is 1. The Kier molecular flexibility index (Phi) is 6.87. The summed E-state index contributed by atoms with van der Waals surface area (Å²) < 4.78 is 0. The first-order valence-corrected chi connectivity index (χ1v) is 16.4. The van der Waals surface area contributed by atoms with E-state index >= 15 is 4.79 Å². The molecule has 0 radical (unpaired) electrons. The van der Waals surface area contributed by atoms with Crippen molar-refractivity contribution in [3.8, 4) is 5.75 Å². The Morgan fingerprint density at radius 2 is 1.46 bits per heavy atom. The van der Waals surface area contributed by atoms with E-state index in [1.807, 2.05) is 85.8 Å². The smallest absolute Gasteiger partial charge is 0.260 e. The quantitative estimate of drug-likeness (QED) is 0.200. The first kappa shape index (κ1) is 29.9. The molecular formula is C40H35N3O5. The second-order valence-corrected chi connectivity index (χ2v) is 13.5. The lowest BCUT2D eigenvalue weighted by Crippen LogP contribution is -2.53. The number of fused-ring (bicyclic) bond motifs is 4. The number of carbonyl (C=O) groups is 4. The molecule has 8 nitrogen and oxygen atoms in total. The van der Waals surface area contributed by atoms with Crippen LogP contribution in [0.25, 0.3) is 0 Å². The Balaban J connectivity index is 1.33. The molecule has 2 aliphatic heterocycles. The number of benzene rings is 4. The molecule has 6 atom stereocenters. The van der Waals surface area contributed by atoms with Crippen LogP contribution in [0.15, 0.2) is 115 Å². The summed E-state index contributed by atoms with van der Waals surface area (Å²) in [5, 5.41) is 11.7. The molecule has 4 aromatic carbocycles. The van der Waals surface area contributed by atoms with E-state index < -0.39 is 35.0 Å². The molecule has 1 saturated carbocycles. The molecule has 4 amide bonds. The third-order valence-electron chi connectivity index (χ3n) is 11.0. The van der Waals surface area contributed by atoms with E-state index in [0.717, 1.165) is 21.7 Å². The molecule has 0 bridgehead atoms. The number of hydrogen-bond donors (Lipinski definition) is 2. The van der Waals surface area contributed by atoms with E-state index in [2.05, 4.69) is 5.43 Å². The summed E-state index contributed by atoms with van der Waals surface area (Å²) in [6.45, 7) is 3.77. The van der Waals surface area contributed by atoms with Crippen molar-refractivity contribution >= 4 is 35.0 Å². The summed E-state index contributed by atoms with van der Waals surface area (Å²) in [7, 11) is 0. The number of rotatable bonds is 5. The standard InChI is InChI=1S/C40H35N3O5/c1-23-13-16-27(17-14-23)41-43-37(46)32-22-31-29(18-19-30-34(31)38(47)42(36(30)45)28-11-7-4-8-12-28)35(25-15-20-33(44)24(2)21-25)40(32,39(43)48)26-9-5-3-6-10-26/h3-18,20-21,30-32,34-35,41,44H,19,22H2,1-2H3/t30-,31+,32-,34-,35-,40+/m0/s1. The van der Waals surface area contributed by atoms with Crippen molar-refractivity contribution in [3.63, 3.8) is 0 Å². The average molecular weight is 638 g/mol. The number of aromatic hydroxyl groups is 1. The van der Waals surface area contributed by atoms with Gasteiger partial charge in [-0.1, -0.05) is 90.0 Å². The maximum Gasteiger partial charge on any atom is 0.260 e. The molecule has 4 aliphatic rings. The number of carbonyl (C=O) groups excluding carboxylic acids is 4. The molecule has 0 aromatic heterocycles. The number of phenolic OH excluding ortho intramolecular Hbond substituents is 1. The van der Waals surface area contributed by atoms with Crippen LogP contribution in [0.1, 0.15) is 41.0 Å². The number of para-hydroxylation sites is 1. The summed E-state index contributed by atoms with van der Waals surface area (Å²) in [5.41, 5.74) is 6.96. The Hall–Kier alpha value is -5.50. The average Bonchev–Trinajstić information content (AvgIpc) is 3.48. The van der Waals surface area contributed by atoms with E-state index in [1.54, 1.807) is 37.3 Å². The molecule has 2 N–H and O–H groups in total. The number of imide groups is 2. The maximum atomic E-state index is 15.2. The van der Waals surface area contributed by atoms with Gasteiger partial charge < -0.3 is 5.11 Å². The zero-order chi connectivity index (χ0) is 33.3. The molecule has 2 heterocycles. The zero-order valence-corrected chi connectivity index (χ0v) is 26.7. The molecule has 240 valence electrons. The van der Waals surface area contributed by atoms with Crippen molar-refractivity contribution in [2.75, 3.05) is 10.3 Å². The van der Waals surface area contributed by atoms with Crippen LogP contribution in [0.5, 0.6) is 5.75 Å². The highest BCUT2D eigenvalue weighted by Gasteiger charge is 2.70. The predicted molar refractivity (Wildman–Crippen MR) is 181 cm³/mol. The first-order chi connectivity index (χ1) is 23.2. The number of hydrazine groups is 1. The Bertz CT molecular complexity index is 2010. The van der Waals surface area contributed by atoms with E-state index in [-0.39, 0.29) is 35.8 Å². The fourth-order valence-electron chi connectivity index (χ4n) is 8.81. The van der Waals surface area contributed by atoms with Gasteiger partial charge >= 0.3 is 0 Å². The van der Waals surface area contributed by atoms with Gasteiger partial charge in [0.1, 0.15) is 5.75 Å². The summed E-state index contributed by atoms with van der Waals surface area (Å²) in [5.74, 6) is -4.29. The van der Waals surface area contributed by atoms with Gasteiger partial charge in [0, 0.05) is 5.92 Å². The van der Waals surface area contributed by atoms with E-state index in [0.29, 0.717) is 28.9 Å². The van der Waals surface area contributed by atoms with Gasteiger partial charge in [-0.25, -0.2) is 0 Å². The number of allylic oxidation sites excluding steroid dienone is 2.